The van der Waals surface area contributed by atoms with Gasteiger partial charge in [0.15, 0.2) is 12.3 Å². The van der Waals surface area contributed by atoms with E-state index in [0.717, 1.165) is 27.3 Å². The summed E-state index contributed by atoms with van der Waals surface area (Å²) in [6, 6.07) is 15.3. The van der Waals surface area contributed by atoms with Gasteiger partial charge in [-0.15, -0.1) is 0 Å². The molecular formula is C22H29N2O3+. The standard InChI is InChI=1S/C22H28N2O3/c1-16-10-11-21(27-4)19(12-16)14-24(3)15-22(26)23-20(17(2)25)13-18-8-6-5-7-9-18/h5-12,20H,13-15H2,1-4H3,(H,23,26)/p+1/t20-/m1/s1. The molecule has 0 spiro atoms. The number of hydrogen-bond acceptors (Lipinski definition) is 3. The molecule has 0 aliphatic rings. The monoisotopic (exact) mass is 369 g/mol. The second-order valence-corrected chi connectivity index (χ2v) is 7.05. The molecular weight excluding hydrogens is 340 g/mol. The molecule has 27 heavy (non-hydrogen) atoms. The average Bonchev–Trinajstić information content (AvgIpc) is 2.62. The third-order valence-electron chi connectivity index (χ3n) is 4.50. The lowest BCUT2D eigenvalue weighted by Crippen LogP contribution is -3.09. The highest BCUT2D eigenvalue weighted by molar-refractivity contribution is 5.88. The number of aryl methyl sites for hydroxylation is 1. The number of rotatable bonds is 9. The molecule has 2 aromatic carbocycles. The van der Waals surface area contributed by atoms with Gasteiger partial charge in [-0.05, 0) is 38.0 Å². The first-order chi connectivity index (χ1) is 12.9. The molecule has 0 fully saturated rings. The molecule has 1 amide bonds. The Balaban J connectivity index is 1.94. The number of Topliss-reactive ketones (excluding diaryl/α,β-unsaturated/α-hetero) is 1. The molecule has 0 saturated carbocycles. The Morgan fingerprint density at radius 3 is 2.48 bits per heavy atom. The minimum absolute atomic E-state index is 0.0368. The van der Waals surface area contributed by atoms with Crippen molar-refractivity contribution in [1.82, 2.24) is 5.32 Å². The maximum absolute atomic E-state index is 12.5. The zero-order valence-electron chi connectivity index (χ0n) is 16.5. The van der Waals surface area contributed by atoms with E-state index in [-0.39, 0.29) is 18.2 Å². The van der Waals surface area contributed by atoms with Crippen molar-refractivity contribution in [2.24, 2.45) is 0 Å². The number of amides is 1. The van der Waals surface area contributed by atoms with Gasteiger partial charge in [-0.25, -0.2) is 0 Å². The van der Waals surface area contributed by atoms with Gasteiger partial charge in [-0.1, -0.05) is 42.0 Å². The van der Waals surface area contributed by atoms with Crippen LogP contribution in [0.3, 0.4) is 0 Å². The second-order valence-electron chi connectivity index (χ2n) is 7.05. The molecule has 0 bridgehead atoms. The van der Waals surface area contributed by atoms with E-state index in [0.29, 0.717) is 13.0 Å². The Labute approximate surface area is 161 Å². The molecule has 2 rings (SSSR count). The zero-order valence-corrected chi connectivity index (χ0v) is 16.5. The van der Waals surface area contributed by atoms with Crippen LogP contribution in [0.5, 0.6) is 5.75 Å². The third-order valence-corrected chi connectivity index (χ3v) is 4.50. The highest BCUT2D eigenvalue weighted by Crippen LogP contribution is 2.18. The van der Waals surface area contributed by atoms with Crippen LogP contribution >= 0.6 is 0 Å². The molecule has 144 valence electrons. The highest BCUT2D eigenvalue weighted by atomic mass is 16.5. The summed E-state index contributed by atoms with van der Waals surface area (Å²) in [5.41, 5.74) is 3.25. The molecule has 0 aliphatic carbocycles. The number of carbonyl (C=O) groups excluding carboxylic acids is 2. The summed E-state index contributed by atoms with van der Waals surface area (Å²) in [5, 5.41) is 2.88. The Kier molecular flexibility index (Phi) is 7.55. The SMILES string of the molecule is COc1ccc(C)cc1C[NH+](C)CC(=O)N[C@H](Cc1ccccc1)C(C)=O. The maximum Gasteiger partial charge on any atom is 0.275 e. The van der Waals surface area contributed by atoms with Crippen LogP contribution in [0.15, 0.2) is 48.5 Å². The van der Waals surface area contributed by atoms with Crippen LogP contribution in [0.1, 0.15) is 23.6 Å². The van der Waals surface area contributed by atoms with Gasteiger partial charge < -0.3 is 15.0 Å². The van der Waals surface area contributed by atoms with Gasteiger partial charge >= 0.3 is 0 Å². The number of nitrogens with one attached hydrogen (secondary N) is 2. The second kappa shape index (κ2) is 9.88. The lowest BCUT2D eigenvalue weighted by molar-refractivity contribution is -0.885. The van der Waals surface area contributed by atoms with E-state index in [9.17, 15) is 9.59 Å². The fourth-order valence-electron chi connectivity index (χ4n) is 3.10. The Bertz CT molecular complexity index is 774. The molecule has 0 radical (unpaired) electrons. The molecule has 0 aliphatic heterocycles. The summed E-state index contributed by atoms with van der Waals surface area (Å²) in [7, 11) is 3.61. The van der Waals surface area contributed by atoms with E-state index >= 15 is 0 Å². The molecule has 1 unspecified atom stereocenters. The first-order valence-electron chi connectivity index (χ1n) is 9.17. The van der Waals surface area contributed by atoms with Crippen molar-refractivity contribution in [1.29, 1.82) is 0 Å². The normalized spacial score (nSPS) is 12.9. The fourth-order valence-corrected chi connectivity index (χ4v) is 3.10. The Morgan fingerprint density at radius 2 is 1.85 bits per heavy atom. The van der Waals surface area contributed by atoms with Gasteiger partial charge in [0.25, 0.3) is 5.91 Å². The number of methoxy groups -OCH3 is 1. The van der Waals surface area contributed by atoms with Crippen molar-refractivity contribution in [2.75, 3.05) is 20.7 Å². The lowest BCUT2D eigenvalue weighted by Gasteiger charge is -2.19. The number of quaternary nitrogens is 1. The number of carbonyl (C=O) groups is 2. The van der Waals surface area contributed by atoms with Crippen LogP contribution in [0.4, 0.5) is 0 Å². The summed E-state index contributed by atoms with van der Waals surface area (Å²) >= 11 is 0. The van der Waals surface area contributed by atoms with E-state index in [2.05, 4.69) is 11.4 Å². The summed E-state index contributed by atoms with van der Waals surface area (Å²) in [6.07, 6.45) is 0.507. The maximum atomic E-state index is 12.5. The summed E-state index contributed by atoms with van der Waals surface area (Å²) in [6.45, 7) is 4.51. The minimum Gasteiger partial charge on any atom is -0.496 e. The Morgan fingerprint density at radius 1 is 1.15 bits per heavy atom. The molecule has 2 N–H and O–H groups in total. The van der Waals surface area contributed by atoms with E-state index in [1.807, 2.05) is 56.4 Å². The van der Waals surface area contributed by atoms with Gasteiger partial charge in [-0.3, -0.25) is 9.59 Å². The van der Waals surface area contributed by atoms with Crippen molar-refractivity contribution < 1.29 is 19.2 Å². The van der Waals surface area contributed by atoms with Crippen LogP contribution in [0.25, 0.3) is 0 Å². The van der Waals surface area contributed by atoms with Crippen molar-refractivity contribution in [3.63, 3.8) is 0 Å². The first kappa shape index (κ1) is 20.6. The topological polar surface area (TPSA) is 59.8 Å². The van der Waals surface area contributed by atoms with Gasteiger partial charge in [0.2, 0.25) is 0 Å². The van der Waals surface area contributed by atoms with E-state index in [1.165, 1.54) is 6.92 Å². The molecule has 0 saturated heterocycles. The quantitative estimate of drug-likeness (QED) is 0.701. The average molecular weight is 369 g/mol. The van der Waals surface area contributed by atoms with E-state index in [4.69, 9.17) is 4.74 Å². The smallest absolute Gasteiger partial charge is 0.275 e. The lowest BCUT2D eigenvalue weighted by atomic mass is 10.0. The third kappa shape index (κ3) is 6.53. The van der Waals surface area contributed by atoms with Crippen molar-refractivity contribution in [2.45, 2.75) is 32.9 Å². The Hall–Kier alpha value is -2.66. The minimum atomic E-state index is -0.499. The molecule has 2 aromatic rings. The van der Waals surface area contributed by atoms with E-state index in [1.54, 1.807) is 7.11 Å². The number of ketones is 1. The van der Waals surface area contributed by atoms with Gasteiger partial charge in [0.05, 0.1) is 20.2 Å². The zero-order chi connectivity index (χ0) is 19.8. The van der Waals surface area contributed by atoms with Crippen molar-refractivity contribution in [3.8, 4) is 5.75 Å². The van der Waals surface area contributed by atoms with E-state index < -0.39 is 6.04 Å². The first-order valence-corrected chi connectivity index (χ1v) is 9.17. The predicted molar refractivity (Wildman–Crippen MR) is 106 cm³/mol. The van der Waals surface area contributed by atoms with Crippen LogP contribution < -0.4 is 15.0 Å². The van der Waals surface area contributed by atoms with Crippen molar-refractivity contribution in [3.05, 3.63) is 65.2 Å². The number of likely N-dealkylation sites (N-methyl/N-ethyl adjacent to an activating group) is 1. The van der Waals surface area contributed by atoms with Crippen LogP contribution in [-0.2, 0) is 22.6 Å². The van der Waals surface area contributed by atoms with Gasteiger partial charge in [0.1, 0.15) is 12.3 Å². The molecule has 0 heterocycles. The van der Waals surface area contributed by atoms with Gasteiger partial charge in [0, 0.05) is 5.56 Å². The van der Waals surface area contributed by atoms with Crippen molar-refractivity contribution >= 4 is 11.7 Å². The number of ether oxygens (including phenoxy) is 1. The summed E-state index contributed by atoms with van der Waals surface area (Å²) < 4.78 is 5.41. The number of hydrogen-bond donors (Lipinski definition) is 2. The predicted octanol–water partition coefficient (Wildman–Crippen LogP) is 1.33. The van der Waals surface area contributed by atoms with Crippen LogP contribution in [0.2, 0.25) is 0 Å². The molecule has 5 nitrogen and oxygen atoms in total. The number of benzene rings is 2. The van der Waals surface area contributed by atoms with Crippen LogP contribution in [0, 0.1) is 6.92 Å². The van der Waals surface area contributed by atoms with Gasteiger partial charge in [-0.2, -0.15) is 0 Å². The fraction of sp³-hybridized carbons (Fsp3) is 0.364. The van der Waals surface area contributed by atoms with Crippen LogP contribution in [-0.4, -0.2) is 38.4 Å². The molecule has 2 atom stereocenters. The largest absolute Gasteiger partial charge is 0.496 e. The highest BCUT2D eigenvalue weighted by Gasteiger charge is 2.20. The summed E-state index contributed by atoms with van der Waals surface area (Å²) in [5.74, 6) is 0.659. The summed E-state index contributed by atoms with van der Waals surface area (Å²) in [4.78, 5) is 25.4. The molecule has 5 heteroatoms. The molecule has 0 aromatic heterocycles.